The van der Waals surface area contributed by atoms with Crippen molar-refractivity contribution in [3.05, 3.63) is 51.5 Å². The van der Waals surface area contributed by atoms with Crippen LogP contribution in [0.15, 0.2) is 30.3 Å². The summed E-state index contributed by atoms with van der Waals surface area (Å²) in [6.45, 7) is 7.14. The molecule has 1 aliphatic heterocycles. The van der Waals surface area contributed by atoms with Crippen molar-refractivity contribution in [3.8, 4) is 0 Å². The fourth-order valence-electron chi connectivity index (χ4n) is 2.50. The molecule has 2 heterocycles. The van der Waals surface area contributed by atoms with Crippen LogP contribution < -0.4 is 5.73 Å². The fourth-order valence-corrected chi connectivity index (χ4v) is 3.67. The van der Waals surface area contributed by atoms with E-state index in [2.05, 4.69) is 35.2 Å². The molecule has 0 radical (unpaired) electrons. The van der Waals surface area contributed by atoms with Crippen LogP contribution in [0.2, 0.25) is 0 Å². The van der Waals surface area contributed by atoms with Gasteiger partial charge in [0.25, 0.3) is 0 Å². The van der Waals surface area contributed by atoms with Crippen LogP contribution in [-0.2, 0) is 25.0 Å². The number of hydrogen-bond donors (Lipinski definition) is 1. The normalized spacial score (nSPS) is 16.1. The minimum atomic E-state index is -0.327. The molecular formula is C16H21N3S. The third kappa shape index (κ3) is 2.92. The van der Waals surface area contributed by atoms with Crippen molar-refractivity contribution in [1.82, 2.24) is 9.88 Å². The number of benzene rings is 1. The van der Waals surface area contributed by atoms with Crippen LogP contribution in [0.3, 0.4) is 0 Å². The molecule has 2 aromatic rings. The third-order valence-corrected chi connectivity index (χ3v) is 5.03. The number of thiazole rings is 1. The first kappa shape index (κ1) is 13.7. The Morgan fingerprint density at radius 3 is 2.75 bits per heavy atom. The van der Waals surface area contributed by atoms with Gasteiger partial charge in [0.15, 0.2) is 0 Å². The van der Waals surface area contributed by atoms with E-state index in [9.17, 15) is 0 Å². The first-order chi connectivity index (χ1) is 9.52. The van der Waals surface area contributed by atoms with Gasteiger partial charge in [-0.15, -0.1) is 11.3 Å². The highest BCUT2D eigenvalue weighted by molar-refractivity contribution is 7.11. The van der Waals surface area contributed by atoms with Crippen molar-refractivity contribution >= 4 is 11.3 Å². The predicted octanol–water partition coefficient (Wildman–Crippen LogP) is 2.90. The zero-order valence-electron chi connectivity index (χ0n) is 12.1. The summed E-state index contributed by atoms with van der Waals surface area (Å²) in [6, 6.07) is 10.7. The minimum Gasteiger partial charge on any atom is -0.320 e. The van der Waals surface area contributed by atoms with Gasteiger partial charge in [0.2, 0.25) is 0 Å². The standard InChI is InChI=1S/C16H21N3S/c1-16(2,17)15-18-13-8-9-19(11-14(13)20-15)10-12-6-4-3-5-7-12/h3-7H,8-11,17H2,1-2H3. The van der Waals surface area contributed by atoms with Crippen LogP contribution in [0, 0.1) is 0 Å². The number of nitrogens with two attached hydrogens (primary N) is 1. The first-order valence-electron chi connectivity index (χ1n) is 7.06. The highest BCUT2D eigenvalue weighted by atomic mass is 32.1. The van der Waals surface area contributed by atoms with Gasteiger partial charge in [-0.05, 0) is 19.4 Å². The van der Waals surface area contributed by atoms with Crippen LogP contribution in [0.25, 0.3) is 0 Å². The van der Waals surface area contributed by atoms with Crippen molar-refractivity contribution in [3.63, 3.8) is 0 Å². The average Bonchev–Trinajstić information content (AvgIpc) is 2.83. The zero-order valence-corrected chi connectivity index (χ0v) is 12.9. The second-order valence-electron chi connectivity index (χ2n) is 6.06. The Labute approximate surface area is 124 Å². The highest BCUT2D eigenvalue weighted by Gasteiger charge is 2.25. The maximum atomic E-state index is 6.16. The molecule has 4 heteroatoms. The van der Waals surface area contributed by atoms with E-state index in [-0.39, 0.29) is 5.54 Å². The van der Waals surface area contributed by atoms with Gasteiger partial charge in [-0.25, -0.2) is 4.98 Å². The number of nitrogens with zero attached hydrogens (tertiary/aromatic N) is 2. The lowest BCUT2D eigenvalue weighted by atomic mass is 10.1. The van der Waals surface area contributed by atoms with Gasteiger partial charge in [-0.1, -0.05) is 30.3 Å². The number of hydrogen-bond acceptors (Lipinski definition) is 4. The summed E-state index contributed by atoms with van der Waals surface area (Å²) in [6.07, 6.45) is 1.04. The molecular weight excluding hydrogens is 266 g/mol. The summed E-state index contributed by atoms with van der Waals surface area (Å²) in [7, 11) is 0. The van der Waals surface area contributed by atoms with Gasteiger partial charge < -0.3 is 5.73 Å². The SMILES string of the molecule is CC(C)(N)c1nc2c(s1)CN(Cc1ccccc1)CC2. The van der Waals surface area contributed by atoms with Crippen LogP contribution in [0.1, 0.15) is 35.0 Å². The van der Waals surface area contributed by atoms with Gasteiger partial charge in [-0.2, -0.15) is 0 Å². The summed E-state index contributed by atoms with van der Waals surface area (Å²) >= 11 is 1.78. The van der Waals surface area contributed by atoms with Crippen molar-refractivity contribution in [1.29, 1.82) is 0 Å². The van der Waals surface area contributed by atoms with Crippen LogP contribution in [-0.4, -0.2) is 16.4 Å². The molecule has 3 nitrogen and oxygen atoms in total. The monoisotopic (exact) mass is 287 g/mol. The smallest absolute Gasteiger partial charge is 0.113 e. The highest BCUT2D eigenvalue weighted by Crippen LogP contribution is 2.30. The van der Waals surface area contributed by atoms with Crippen molar-refractivity contribution in [2.24, 2.45) is 5.73 Å². The Morgan fingerprint density at radius 2 is 2.05 bits per heavy atom. The molecule has 1 aliphatic rings. The largest absolute Gasteiger partial charge is 0.320 e. The van der Waals surface area contributed by atoms with E-state index in [1.54, 1.807) is 11.3 Å². The van der Waals surface area contributed by atoms with Gasteiger partial charge >= 0.3 is 0 Å². The van der Waals surface area contributed by atoms with Crippen molar-refractivity contribution in [2.75, 3.05) is 6.54 Å². The molecule has 106 valence electrons. The van der Waals surface area contributed by atoms with Crippen LogP contribution in [0.4, 0.5) is 0 Å². The second-order valence-corrected chi connectivity index (χ2v) is 7.14. The van der Waals surface area contributed by atoms with Gasteiger partial charge in [0, 0.05) is 30.9 Å². The number of fused-ring (bicyclic) bond motifs is 1. The zero-order chi connectivity index (χ0) is 14.2. The quantitative estimate of drug-likeness (QED) is 0.944. The summed E-state index contributed by atoms with van der Waals surface area (Å²) < 4.78 is 0. The Hall–Kier alpha value is -1.23. The maximum absolute atomic E-state index is 6.16. The van der Waals surface area contributed by atoms with E-state index in [1.165, 1.54) is 16.1 Å². The lowest BCUT2D eigenvalue weighted by Gasteiger charge is -2.25. The molecule has 0 aliphatic carbocycles. The third-order valence-electron chi connectivity index (χ3n) is 3.61. The fraction of sp³-hybridized carbons (Fsp3) is 0.438. The molecule has 0 unspecified atom stereocenters. The Morgan fingerprint density at radius 1 is 1.30 bits per heavy atom. The van der Waals surface area contributed by atoms with E-state index in [4.69, 9.17) is 10.7 Å². The molecule has 0 atom stereocenters. The second kappa shape index (κ2) is 5.28. The van der Waals surface area contributed by atoms with E-state index in [0.717, 1.165) is 31.1 Å². The van der Waals surface area contributed by atoms with Gasteiger partial charge in [0.05, 0.1) is 11.2 Å². The van der Waals surface area contributed by atoms with E-state index >= 15 is 0 Å². The van der Waals surface area contributed by atoms with Crippen molar-refractivity contribution < 1.29 is 0 Å². The summed E-state index contributed by atoms with van der Waals surface area (Å²) in [5.41, 5.74) is 8.47. The molecule has 0 saturated heterocycles. The molecule has 0 saturated carbocycles. The molecule has 20 heavy (non-hydrogen) atoms. The molecule has 0 spiro atoms. The number of rotatable bonds is 3. The maximum Gasteiger partial charge on any atom is 0.113 e. The molecule has 1 aromatic heterocycles. The van der Waals surface area contributed by atoms with Crippen molar-refractivity contribution in [2.45, 2.75) is 38.9 Å². The first-order valence-corrected chi connectivity index (χ1v) is 7.88. The van der Waals surface area contributed by atoms with E-state index in [1.807, 2.05) is 13.8 Å². The molecule has 0 amide bonds. The summed E-state index contributed by atoms with van der Waals surface area (Å²) in [5.74, 6) is 0. The Balaban J connectivity index is 1.74. The lowest BCUT2D eigenvalue weighted by Crippen LogP contribution is -2.29. The lowest BCUT2D eigenvalue weighted by molar-refractivity contribution is 0.247. The molecule has 0 bridgehead atoms. The van der Waals surface area contributed by atoms with Crippen LogP contribution >= 0.6 is 11.3 Å². The average molecular weight is 287 g/mol. The molecule has 0 fully saturated rings. The van der Waals surface area contributed by atoms with Crippen LogP contribution in [0.5, 0.6) is 0 Å². The summed E-state index contributed by atoms with van der Waals surface area (Å²) in [4.78, 5) is 8.61. The predicted molar refractivity (Wildman–Crippen MR) is 83.6 cm³/mol. The molecule has 3 rings (SSSR count). The van der Waals surface area contributed by atoms with E-state index in [0.29, 0.717) is 0 Å². The molecule has 2 N–H and O–H groups in total. The van der Waals surface area contributed by atoms with Gasteiger partial charge in [-0.3, -0.25) is 4.90 Å². The Kier molecular flexibility index (Phi) is 3.63. The summed E-state index contributed by atoms with van der Waals surface area (Å²) in [5, 5.41) is 1.06. The number of aromatic nitrogens is 1. The van der Waals surface area contributed by atoms with E-state index < -0.39 is 0 Å². The topological polar surface area (TPSA) is 42.1 Å². The van der Waals surface area contributed by atoms with Gasteiger partial charge in [0.1, 0.15) is 5.01 Å². The Bertz CT molecular complexity index is 584. The molecule has 1 aromatic carbocycles. The minimum absolute atomic E-state index is 0.327.